The Morgan fingerprint density at radius 1 is 1.08 bits per heavy atom. The Morgan fingerprint density at radius 3 is 2.61 bits per heavy atom. The van der Waals surface area contributed by atoms with E-state index in [9.17, 15) is 9.90 Å². The summed E-state index contributed by atoms with van der Waals surface area (Å²) in [6.07, 6.45) is 4.24. The SMILES string of the molecule is COc1cc(-n2cccn2)ccc1-c1c(C)nn2c(N(CCCC(=O)O)Cc3ccccc3)cc(C)nc12. The van der Waals surface area contributed by atoms with Gasteiger partial charge in [-0.1, -0.05) is 30.3 Å². The fourth-order valence-corrected chi connectivity index (χ4v) is 4.72. The van der Waals surface area contributed by atoms with Gasteiger partial charge in [0.05, 0.1) is 24.1 Å². The fraction of sp³-hybridized carbons (Fsp3) is 0.241. The number of aryl methyl sites for hydroxylation is 2. The second-order valence-corrected chi connectivity index (χ2v) is 9.19. The molecule has 0 amide bonds. The minimum atomic E-state index is -0.802. The van der Waals surface area contributed by atoms with Crippen LogP contribution >= 0.6 is 0 Å². The Labute approximate surface area is 220 Å². The zero-order valence-electron chi connectivity index (χ0n) is 21.7. The lowest BCUT2D eigenvalue weighted by atomic mass is 10.0. The van der Waals surface area contributed by atoms with E-state index in [-0.39, 0.29) is 6.42 Å². The molecule has 0 aliphatic carbocycles. The number of fused-ring (bicyclic) bond motifs is 1. The summed E-state index contributed by atoms with van der Waals surface area (Å²) in [5.74, 6) is 0.760. The molecule has 9 heteroatoms. The maximum absolute atomic E-state index is 11.2. The molecule has 0 radical (unpaired) electrons. The topological polar surface area (TPSA) is 97.8 Å². The van der Waals surface area contributed by atoms with E-state index in [1.54, 1.807) is 18.0 Å². The van der Waals surface area contributed by atoms with Crippen molar-refractivity contribution in [2.45, 2.75) is 33.2 Å². The summed E-state index contributed by atoms with van der Waals surface area (Å²) in [7, 11) is 1.65. The van der Waals surface area contributed by atoms with E-state index in [4.69, 9.17) is 14.8 Å². The second-order valence-electron chi connectivity index (χ2n) is 9.19. The molecule has 0 bridgehead atoms. The molecule has 3 heterocycles. The van der Waals surface area contributed by atoms with Crippen molar-refractivity contribution in [3.63, 3.8) is 0 Å². The minimum Gasteiger partial charge on any atom is -0.496 e. The van der Waals surface area contributed by atoms with Gasteiger partial charge in [-0.2, -0.15) is 14.7 Å². The Balaban J connectivity index is 1.61. The number of rotatable bonds is 10. The first kappa shape index (κ1) is 25.0. The maximum atomic E-state index is 11.2. The minimum absolute atomic E-state index is 0.0989. The van der Waals surface area contributed by atoms with E-state index in [2.05, 4.69) is 22.1 Å². The van der Waals surface area contributed by atoms with Crippen LogP contribution in [0.25, 0.3) is 22.5 Å². The molecule has 0 spiro atoms. The summed E-state index contributed by atoms with van der Waals surface area (Å²) in [6.45, 7) is 5.12. The van der Waals surface area contributed by atoms with Gasteiger partial charge in [-0.15, -0.1) is 0 Å². The molecule has 0 aliphatic heterocycles. The molecule has 0 saturated carbocycles. The molecule has 3 aromatic heterocycles. The normalized spacial score (nSPS) is 11.1. The van der Waals surface area contributed by atoms with Gasteiger partial charge in [0.15, 0.2) is 5.65 Å². The van der Waals surface area contributed by atoms with Crippen molar-refractivity contribution in [1.82, 2.24) is 24.4 Å². The zero-order chi connectivity index (χ0) is 26.6. The summed E-state index contributed by atoms with van der Waals surface area (Å²) < 4.78 is 9.45. The number of anilines is 1. The first-order valence-corrected chi connectivity index (χ1v) is 12.5. The number of carboxylic acid groups (broad SMARTS) is 1. The molecule has 9 nitrogen and oxygen atoms in total. The number of aromatic nitrogens is 5. The predicted octanol–water partition coefficient (Wildman–Crippen LogP) is 5.08. The summed E-state index contributed by atoms with van der Waals surface area (Å²) in [5.41, 5.74) is 6.19. The Kier molecular flexibility index (Phi) is 7.08. The molecule has 5 aromatic rings. The summed E-state index contributed by atoms with van der Waals surface area (Å²) in [5, 5.41) is 18.5. The molecular weight excluding hydrogens is 480 g/mol. The largest absolute Gasteiger partial charge is 0.496 e. The van der Waals surface area contributed by atoms with Crippen LogP contribution < -0.4 is 9.64 Å². The highest BCUT2D eigenvalue weighted by Crippen LogP contribution is 2.37. The van der Waals surface area contributed by atoms with Crippen LogP contribution in [-0.4, -0.2) is 49.1 Å². The van der Waals surface area contributed by atoms with Gasteiger partial charge in [-0.3, -0.25) is 4.79 Å². The highest BCUT2D eigenvalue weighted by Gasteiger charge is 2.22. The smallest absolute Gasteiger partial charge is 0.303 e. The van der Waals surface area contributed by atoms with Crippen molar-refractivity contribution in [2.24, 2.45) is 0 Å². The summed E-state index contributed by atoms with van der Waals surface area (Å²) >= 11 is 0. The van der Waals surface area contributed by atoms with Crippen molar-refractivity contribution in [3.05, 3.63) is 90.0 Å². The molecule has 194 valence electrons. The second kappa shape index (κ2) is 10.8. The van der Waals surface area contributed by atoms with E-state index in [1.165, 1.54) is 0 Å². The number of ether oxygens (including phenoxy) is 1. The zero-order valence-corrected chi connectivity index (χ0v) is 21.7. The third-order valence-electron chi connectivity index (χ3n) is 6.46. The third-order valence-corrected chi connectivity index (χ3v) is 6.46. The number of benzene rings is 2. The molecule has 0 unspecified atom stereocenters. The van der Waals surface area contributed by atoms with Gasteiger partial charge >= 0.3 is 5.97 Å². The van der Waals surface area contributed by atoms with E-state index in [1.807, 2.05) is 73.1 Å². The quantitative estimate of drug-likeness (QED) is 0.280. The van der Waals surface area contributed by atoms with Crippen LogP contribution in [0.2, 0.25) is 0 Å². The molecule has 5 rings (SSSR count). The van der Waals surface area contributed by atoms with Crippen LogP contribution in [-0.2, 0) is 11.3 Å². The van der Waals surface area contributed by atoms with Gasteiger partial charge in [-0.05, 0) is 44.0 Å². The highest BCUT2D eigenvalue weighted by molar-refractivity contribution is 5.85. The average molecular weight is 511 g/mol. The molecule has 38 heavy (non-hydrogen) atoms. The fourth-order valence-electron chi connectivity index (χ4n) is 4.72. The summed E-state index contributed by atoms with van der Waals surface area (Å²) in [6, 6.07) is 20.0. The van der Waals surface area contributed by atoms with Gasteiger partial charge in [0.1, 0.15) is 11.6 Å². The number of carbonyl (C=O) groups is 1. The molecular formula is C29H30N6O3. The van der Waals surface area contributed by atoms with Crippen LogP contribution in [0, 0.1) is 13.8 Å². The first-order valence-electron chi connectivity index (χ1n) is 12.5. The Bertz CT molecular complexity index is 1560. The number of hydrogen-bond donors (Lipinski definition) is 1. The molecule has 1 N–H and O–H groups in total. The van der Waals surface area contributed by atoms with E-state index in [0.29, 0.717) is 25.3 Å². The lowest BCUT2D eigenvalue weighted by molar-refractivity contribution is -0.137. The number of carboxylic acids is 1. The van der Waals surface area contributed by atoms with Crippen molar-refractivity contribution < 1.29 is 14.6 Å². The van der Waals surface area contributed by atoms with E-state index < -0.39 is 5.97 Å². The highest BCUT2D eigenvalue weighted by atomic mass is 16.5. The van der Waals surface area contributed by atoms with Gasteiger partial charge in [0.25, 0.3) is 0 Å². The monoisotopic (exact) mass is 510 g/mol. The standard InChI is InChI=1S/C29H30N6O3/c1-20-17-26(33(15-7-11-27(36)37)19-22-9-5-4-6-10-22)35-29(31-20)28(21(2)32-35)24-13-12-23(18-25(24)38-3)34-16-8-14-30-34/h4-6,8-10,12-14,16-18H,7,11,15,19H2,1-3H3,(H,36,37). The van der Waals surface area contributed by atoms with Gasteiger partial charge < -0.3 is 14.7 Å². The summed E-state index contributed by atoms with van der Waals surface area (Å²) in [4.78, 5) is 18.3. The van der Waals surface area contributed by atoms with Crippen LogP contribution in [0.1, 0.15) is 29.8 Å². The number of nitrogens with zero attached hydrogens (tertiary/aromatic N) is 6. The maximum Gasteiger partial charge on any atom is 0.303 e. The van der Waals surface area contributed by atoms with Crippen molar-refractivity contribution in [3.8, 4) is 22.6 Å². The molecule has 0 fully saturated rings. The van der Waals surface area contributed by atoms with Crippen molar-refractivity contribution in [1.29, 1.82) is 0 Å². The molecule has 0 saturated heterocycles. The van der Waals surface area contributed by atoms with Crippen LogP contribution in [0.15, 0.2) is 73.1 Å². The average Bonchev–Trinajstić information content (AvgIpc) is 3.56. The van der Waals surface area contributed by atoms with Gasteiger partial charge in [-0.25, -0.2) is 9.67 Å². The number of hydrogen-bond acceptors (Lipinski definition) is 6. The Morgan fingerprint density at radius 2 is 1.89 bits per heavy atom. The first-order chi connectivity index (χ1) is 18.4. The van der Waals surface area contributed by atoms with Crippen LogP contribution in [0.5, 0.6) is 5.75 Å². The molecule has 2 aromatic carbocycles. The predicted molar refractivity (Wildman–Crippen MR) is 146 cm³/mol. The molecule has 0 aliphatic rings. The Hall–Kier alpha value is -4.66. The van der Waals surface area contributed by atoms with E-state index >= 15 is 0 Å². The molecule has 0 atom stereocenters. The number of aliphatic carboxylic acids is 1. The van der Waals surface area contributed by atoms with E-state index in [0.717, 1.165) is 45.2 Å². The third kappa shape index (κ3) is 5.08. The van der Waals surface area contributed by atoms with Crippen molar-refractivity contribution in [2.75, 3.05) is 18.6 Å². The lowest BCUT2D eigenvalue weighted by Gasteiger charge is -2.25. The van der Waals surface area contributed by atoms with Crippen LogP contribution in [0.4, 0.5) is 5.82 Å². The van der Waals surface area contributed by atoms with Crippen LogP contribution in [0.3, 0.4) is 0 Å². The van der Waals surface area contributed by atoms with Crippen molar-refractivity contribution >= 4 is 17.4 Å². The lowest BCUT2D eigenvalue weighted by Crippen LogP contribution is -2.27. The number of methoxy groups -OCH3 is 1. The van der Waals surface area contributed by atoms with Gasteiger partial charge in [0, 0.05) is 55.3 Å². The van der Waals surface area contributed by atoms with Gasteiger partial charge in [0.2, 0.25) is 0 Å².